The molecule has 0 atom stereocenters. The number of hydrogen-bond donors (Lipinski definition) is 1. The quantitative estimate of drug-likeness (QED) is 0.667. The molecule has 0 aliphatic carbocycles. The molecule has 0 spiro atoms. The average molecular weight is 358 g/mol. The van der Waals surface area contributed by atoms with E-state index in [0.29, 0.717) is 5.56 Å². The summed E-state index contributed by atoms with van der Waals surface area (Å²) < 4.78 is 39.9. The number of aliphatic carboxylic acids is 1. The summed E-state index contributed by atoms with van der Waals surface area (Å²) in [5, 5.41) is 8.39. The van der Waals surface area contributed by atoms with Crippen molar-refractivity contribution >= 4 is 34.6 Å². The molecular weight excluding hydrogens is 352 g/mol. The van der Waals surface area contributed by atoms with Crippen LogP contribution in [0.15, 0.2) is 24.3 Å². The Balaban J connectivity index is 2.90. The highest BCUT2D eigenvalue weighted by molar-refractivity contribution is 14.1. The molecule has 0 heterocycles. The van der Waals surface area contributed by atoms with E-state index in [-0.39, 0.29) is 9.32 Å². The first kappa shape index (κ1) is 13.8. The van der Waals surface area contributed by atoms with Gasteiger partial charge in [-0.15, -0.1) is 13.2 Å². The number of benzene rings is 1. The monoisotopic (exact) mass is 358 g/mol. The third kappa shape index (κ3) is 5.07. The Kier molecular flexibility index (Phi) is 4.38. The van der Waals surface area contributed by atoms with Crippen LogP contribution in [-0.2, 0) is 4.79 Å². The lowest BCUT2D eigenvalue weighted by atomic mass is 10.2. The zero-order valence-corrected chi connectivity index (χ0v) is 10.3. The minimum atomic E-state index is -4.74. The molecule has 1 aromatic rings. The van der Waals surface area contributed by atoms with Crippen molar-refractivity contribution in [3.05, 3.63) is 33.4 Å². The van der Waals surface area contributed by atoms with Crippen LogP contribution in [0.5, 0.6) is 5.75 Å². The largest absolute Gasteiger partial charge is 0.573 e. The van der Waals surface area contributed by atoms with Crippen molar-refractivity contribution in [2.75, 3.05) is 0 Å². The highest BCUT2D eigenvalue weighted by Gasteiger charge is 2.31. The lowest BCUT2D eigenvalue weighted by molar-refractivity contribution is -0.274. The molecule has 3 nitrogen and oxygen atoms in total. The Morgan fingerprint density at radius 3 is 2.53 bits per heavy atom. The standard InChI is InChI=1S/C10H6F3IO3/c11-10(12,13)17-8-3-1-6(5-7(8)14)2-4-9(15)16/h1-5H,(H,15,16)/b4-2+. The summed E-state index contributed by atoms with van der Waals surface area (Å²) in [5.74, 6) is -1.44. The van der Waals surface area contributed by atoms with Crippen molar-refractivity contribution in [2.24, 2.45) is 0 Å². The highest BCUT2D eigenvalue weighted by Crippen LogP contribution is 2.28. The molecule has 1 rings (SSSR count). The van der Waals surface area contributed by atoms with Crippen LogP contribution in [0.25, 0.3) is 6.08 Å². The molecule has 0 radical (unpaired) electrons. The molecule has 7 heteroatoms. The van der Waals surface area contributed by atoms with Gasteiger partial charge in [-0.1, -0.05) is 6.07 Å². The zero-order chi connectivity index (χ0) is 13.1. The second-order valence-corrected chi connectivity index (χ2v) is 4.07. The second-order valence-electron chi connectivity index (χ2n) is 2.91. The molecule has 0 saturated carbocycles. The number of carboxylic acids is 1. The van der Waals surface area contributed by atoms with Gasteiger partial charge in [-0.3, -0.25) is 0 Å². The Morgan fingerprint density at radius 2 is 2.06 bits per heavy atom. The van der Waals surface area contributed by atoms with Crippen molar-refractivity contribution in [3.8, 4) is 5.75 Å². The first-order valence-electron chi connectivity index (χ1n) is 4.24. The van der Waals surface area contributed by atoms with Crippen molar-refractivity contribution < 1.29 is 27.8 Å². The number of alkyl halides is 3. The molecule has 1 N–H and O–H groups in total. The SMILES string of the molecule is O=C(O)/C=C/c1ccc(OC(F)(F)F)c(I)c1. The van der Waals surface area contributed by atoms with Gasteiger partial charge in [-0.05, 0) is 46.4 Å². The summed E-state index contributed by atoms with van der Waals surface area (Å²) in [6.45, 7) is 0. The van der Waals surface area contributed by atoms with Crippen LogP contribution < -0.4 is 4.74 Å². The van der Waals surface area contributed by atoms with Gasteiger partial charge >= 0.3 is 12.3 Å². The fraction of sp³-hybridized carbons (Fsp3) is 0.100. The summed E-state index contributed by atoms with van der Waals surface area (Å²) in [6, 6.07) is 3.86. The van der Waals surface area contributed by atoms with E-state index in [2.05, 4.69) is 4.74 Å². The van der Waals surface area contributed by atoms with Gasteiger partial charge in [-0.2, -0.15) is 0 Å². The normalized spacial score (nSPS) is 11.8. The first-order valence-corrected chi connectivity index (χ1v) is 5.32. The minimum absolute atomic E-state index is 0.243. The van der Waals surface area contributed by atoms with E-state index in [0.717, 1.165) is 12.1 Å². The van der Waals surface area contributed by atoms with Crippen molar-refractivity contribution in [3.63, 3.8) is 0 Å². The minimum Gasteiger partial charge on any atom is -0.478 e. The van der Waals surface area contributed by atoms with Gasteiger partial charge in [0.25, 0.3) is 0 Å². The Bertz CT molecular complexity index is 455. The van der Waals surface area contributed by atoms with Crippen LogP contribution in [0, 0.1) is 3.57 Å². The number of hydrogen-bond acceptors (Lipinski definition) is 2. The molecule has 0 aliphatic heterocycles. The maximum atomic E-state index is 12.0. The van der Waals surface area contributed by atoms with Gasteiger partial charge in [0.1, 0.15) is 5.75 Å². The Morgan fingerprint density at radius 1 is 1.41 bits per heavy atom. The number of carbonyl (C=O) groups is 1. The fourth-order valence-corrected chi connectivity index (χ4v) is 1.65. The van der Waals surface area contributed by atoms with Gasteiger partial charge in [0.05, 0.1) is 3.57 Å². The molecule has 0 bridgehead atoms. The van der Waals surface area contributed by atoms with Gasteiger partial charge < -0.3 is 9.84 Å². The highest BCUT2D eigenvalue weighted by atomic mass is 127. The van der Waals surface area contributed by atoms with Crippen molar-refractivity contribution in [1.82, 2.24) is 0 Å². The Labute approximate surface area is 108 Å². The first-order chi connectivity index (χ1) is 7.78. The summed E-state index contributed by atoms with van der Waals surface area (Å²) >= 11 is 1.68. The molecule has 0 amide bonds. The third-order valence-electron chi connectivity index (χ3n) is 1.60. The predicted octanol–water partition coefficient (Wildman–Crippen LogP) is 3.29. The third-order valence-corrected chi connectivity index (χ3v) is 2.44. The van der Waals surface area contributed by atoms with Crippen molar-refractivity contribution in [2.45, 2.75) is 6.36 Å². The molecule has 92 valence electrons. The summed E-state index contributed by atoms with van der Waals surface area (Å²) in [7, 11) is 0. The smallest absolute Gasteiger partial charge is 0.478 e. The summed E-state index contributed by atoms with van der Waals surface area (Å²) in [5.41, 5.74) is 0.478. The summed E-state index contributed by atoms with van der Waals surface area (Å²) in [6.07, 6.45) is -2.56. The number of carboxylic acid groups (broad SMARTS) is 1. The fourth-order valence-electron chi connectivity index (χ4n) is 0.996. The molecule has 0 aliphatic rings. The van der Waals surface area contributed by atoms with E-state index in [1.165, 1.54) is 18.2 Å². The molecular formula is C10H6F3IO3. The van der Waals surface area contributed by atoms with Crippen LogP contribution in [-0.4, -0.2) is 17.4 Å². The van der Waals surface area contributed by atoms with E-state index < -0.39 is 12.3 Å². The van der Waals surface area contributed by atoms with Crippen LogP contribution in [0.3, 0.4) is 0 Å². The van der Waals surface area contributed by atoms with Gasteiger partial charge in [0.15, 0.2) is 0 Å². The van der Waals surface area contributed by atoms with E-state index in [1.54, 1.807) is 22.6 Å². The lowest BCUT2D eigenvalue weighted by Crippen LogP contribution is -2.17. The Hall–Kier alpha value is -1.25. The zero-order valence-electron chi connectivity index (χ0n) is 8.16. The maximum Gasteiger partial charge on any atom is 0.573 e. The van der Waals surface area contributed by atoms with E-state index >= 15 is 0 Å². The van der Waals surface area contributed by atoms with Gasteiger partial charge in [0, 0.05) is 6.08 Å². The molecule has 0 fully saturated rings. The van der Waals surface area contributed by atoms with Crippen LogP contribution >= 0.6 is 22.6 Å². The van der Waals surface area contributed by atoms with Gasteiger partial charge in [0.2, 0.25) is 0 Å². The van der Waals surface area contributed by atoms with E-state index in [9.17, 15) is 18.0 Å². The summed E-state index contributed by atoms with van der Waals surface area (Å²) in [4.78, 5) is 10.2. The molecule has 0 aromatic heterocycles. The second kappa shape index (κ2) is 5.39. The molecule has 0 saturated heterocycles. The molecule has 17 heavy (non-hydrogen) atoms. The molecule has 1 aromatic carbocycles. The van der Waals surface area contributed by atoms with E-state index in [4.69, 9.17) is 5.11 Å². The average Bonchev–Trinajstić information content (AvgIpc) is 2.17. The van der Waals surface area contributed by atoms with Gasteiger partial charge in [-0.25, -0.2) is 4.79 Å². The van der Waals surface area contributed by atoms with Crippen LogP contribution in [0.1, 0.15) is 5.56 Å². The number of ether oxygens (including phenoxy) is 1. The van der Waals surface area contributed by atoms with E-state index in [1.807, 2.05) is 0 Å². The van der Waals surface area contributed by atoms with Crippen LogP contribution in [0.4, 0.5) is 13.2 Å². The number of halogens is 4. The van der Waals surface area contributed by atoms with Crippen molar-refractivity contribution in [1.29, 1.82) is 0 Å². The maximum absolute atomic E-state index is 12.0. The lowest BCUT2D eigenvalue weighted by Gasteiger charge is -2.10. The predicted molar refractivity (Wildman–Crippen MR) is 62.5 cm³/mol. The van der Waals surface area contributed by atoms with Crippen LogP contribution in [0.2, 0.25) is 0 Å². The topological polar surface area (TPSA) is 46.5 Å². The number of rotatable bonds is 3. The molecule has 0 unspecified atom stereocenters.